The van der Waals surface area contributed by atoms with Crippen LogP contribution in [-0.2, 0) is 61.5 Å². The molecule has 0 aliphatic heterocycles. The molecule has 0 N–H and O–H groups in total. The van der Waals surface area contributed by atoms with E-state index in [2.05, 4.69) is 52.4 Å². The fourth-order valence-corrected chi connectivity index (χ4v) is 1.90. The third-order valence-electron chi connectivity index (χ3n) is 2.73. The maximum absolute atomic E-state index is 7.50. The largest absolute Gasteiger partial charge is 0 e. The van der Waals surface area contributed by atoms with Crippen LogP contribution in [0.3, 0.4) is 0 Å². The summed E-state index contributed by atoms with van der Waals surface area (Å²) in [5.74, 6) is 4.02. The van der Waals surface area contributed by atoms with Crippen molar-refractivity contribution < 1.29 is 70.9 Å². The van der Waals surface area contributed by atoms with Crippen LogP contribution in [0.5, 0.6) is 11.5 Å². The SMILES string of the molecule is C#CCOc1ccccc1-c1ccccc1OCC=C.[C-]#[O+].[C-]#[O+].[C-]#[O+].[C-]#[O+].[C-]#[O+].[C-]#[O+].[Co].[Co]. The van der Waals surface area contributed by atoms with Gasteiger partial charge in [0.1, 0.15) is 24.7 Å². The fraction of sp³-hybridized carbons (Fsp3) is 0.0833. The van der Waals surface area contributed by atoms with E-state index in [9.17, 15) is 0 Å². The molecule has 0 atom stereocenters. The second-order valence-corrected chi connectivity index (χ2v) is 4.08. The van der Waals surface area contributed by atoms with Gasteiger partial charge in [0.2, 0.25) is 0 Å². The Labute approximate surface area is 219 Å². The molecular weight excluding hydrogens is 534 g/mol. The van der Waals surface area contributed by atoms with Crippen molar-refractivity contribution in [1.82, 2.24) is 0 Å². The quantitative estimate of drug-likeness (QED) is 0.235. The topological polar surface area (TPSA) is 138 Å². The summed E-state index contributed by atoms with van der Waals surface area (Å²) < 4.78 is 56.3. The molecule has 2 aromatic carbocycles. The summed E-state index contributed by atoms with van der Waals surface area (Å²) in [7, 11) is 0. The van der Waals surface area contributed by atoms with Gasteiger partial charge in [-0.1, -0.05) is 55.0 Å². The summed E-state index contributed by atoms with van der Waals surface area (Å²) in [4.78, 5) is 0. The molecule has 2 rings (SSSR count). The molecule has 0 heterocycles. The summed E-state index contributed by atoms with van der Waals surface area (Å²) in [6, 6.07) is 15.6. The van der Waals surface area contributed by atoms with E-state index in [4.69, 9.17) is 43.8 Å². The maximum atomic E-state index is 7.50. The third kappa shape index (κ3) is 23.5. The summed E-state index contributed by atoms with van der Waals surface area (Å²) in [5, 5.41) is 0. The minimum atomic E-state index is 0. The second-order valence-electron chi connectivity index (χ2n) is 4.08. The van der Waals surface area contributed by atoms with E-state index in [1.807, 2.05) is 48.5 Å². The standard InChI is InChI=1S/C18H16O2.6CO.2Co/c1-3-13-19-17-11-7-5-9-15(17)16-10-6-8-12-18(16)20-14-4-2;6*1-2;;/h1,4-12H,2,13-14H2;;;;;;;;. The van der Waals surface area contributed by atoms with Crippen molar-refractivity contribution in [2.24, 2.45) is 0 Å². The van der Waals surface area contributed by atoms with Crippen molar-refractivity contribution in [2.45, 2.75) is 0 Å². The minimum Gasteiger partial charge on any atom is 0 e. The molecule has 0 saturated heterocycles. The van der Waals surface area contributed by atoms with Gasteiger partial charge < -0.3 is 9.47 Å². The van der Waals surface area contributed by atoms with Crippen LogP contribution in [0.4, 0.5) is 0 Å². The van der Waals surface area contributed by atoms with E-state index in [1.54, 1.807) is 6.08 Å². The van der Waals surface area contributed by atoms with Gasteiger partial charge in [0.05, 0.1) is 0 Å². The average Bonchev–Trinajstić information content (AvgIpc) is 2.93. The van der Waals surface area contributed by atoms with Gasteiger partial charge in [-0.3, -0.25) is 0 Å². The number of rotatable bonds is 6. The van der Waals surface area contributed by atoms with Crippen molar-refractivity contribution in [1.29, 1.82) is 0 Å². The molecule has 0 saturated carbocycles. The molecule has 0 unspecified atom stereocenters. The first-order valence-electron chi connectivity index (χ1n) is 7.57. The zero-order valence-electron chi connectivity index (χ0n) is 17.3. The summed E-state index contributed by atoms with van der Waals surface area (Å²) in [6.07, 6.45) is 6.97. The first-order valence-corrected chi connectivity index (χ1v) is 7.57. The summed E-state index contributed by atoms with van der Waals surface area (Å²) >= 11 is 0. The van der Waals surface area contributed by atoms with Crippen LogP contribution in [0.25, 0.3) is 11.1 Å². The number of hydrogen-bond acceptors (Lipinski definition) is 2. The van der Waals surface area contributed by atoms with Gasteiger partial charge >= 0.3 is 67.8 Å². The van der Waals surface area contributed by atoms with E-state index in [0.717, 1.165) is 22.6 Å². The van der Waals surface area contributed by atoms with Gasteiger partial charge in [0, 0.05) is 44.7 Å². The monoisotopic (exact) mass is 550 g/mol. The van der Waals surface area contributed by atoms with E-state index in [0.29, 0.717) is 6.61 Å². The normalized spacial score (nSPS) is 5.97. The zero-order valence-corrected chi connectivity index (χ0v) is 19.4. The number of hydrogen-bond donors (Lipinski definition) is 0. The molecule has 0 aliphatic carbocycles. The Morgan fingerprint density at radius 2 is 1.00 bits per heavy atom. The molecule has 0 spiro atoms. The van der Waals surface area contributed by atoms with Crippen LogP contribution in [0.2, 0.25) is 0 Å². The smallest absolute Gasteiger partial charge is 0 e. The second kappa shape index (κ2) is 47.5. The predicted molar refractivity (Wildman–Crippen MR) is 105 cm³/mol. The van der Waals surface area contributed by atoms with Crippen LogP contribution in [0, 0.1) is 52.2 Å². The molecule has 0 aliphatic rings. The van der Waals surface area contributed by atoms with Crippen molar-refractivity contribution in [3.05, 3.63) is 101 Å². The Morgan fingerprint density at radius 1 is 0.676 bits per heavy atom. The van der Waals surface area contributed by atoms with Gasteiger partial charge in [-0.05, 0) is 12.1 Å². The van der Waals surface area contributed by atoms with Crippen LogP contribution in [0.1, 0.15) is 0 Å². The van der Waals surface area contributed by atoms with Crippen molar-refractivity contribution in [3.8, 4) is 35.0 Å². The van der Waals surface area contributed by atoms with Crippen LogP contribution >= 0.6 is 0 Å². The van der Waals surface area contributed by atoms with Gasteiger partial charge in [-0.15, -0.1) is 6.42 Å². The molecule has 0 fully saturated rings. The number of ether oxygens (including phenoxy) is 2. The Morgan fingerprint density at radius 3 is 1.32 bits per heavy atom. The molecule has 178 valence electrons. The first-order chi connectivity index (χ1) is 15.9. The molecule has 0 amide bonds. The molecule has 34 heavy (non-hydrogen) atoms. The minimum absolute atomic E-state index is 0. The number of para-hydroxylation sites is 2. The van der Waals surface area contributed by atoms with Crippen LogP contribution in [0.15, 0.2) is 61.2 Å². The van der Waals surface area contributed by atoms with Gasteiger partial charge in [-0.2, -0.15) is 0 Å². The van der Waals surface area contributed by atoms with E-state index in [-0.39, 0.29) is 40.2 Å². The Balaban J connectivity index is -0.0000000911. The molecule has 0 bridgehead atoms. The first kappa shape index (κ1) is 48.3. The van der Waals surface area contributed by atoms with Gasteiger partial charge in [0.25, 0.3) is 0 Å². The van der Waals surface area contributed by atoms with Crippen molar-refractivity contribution >= 4 is 0 Å². The Bertz CT molecular complexity index is 845. The number of benzene rings is 2. The molecule has 2 aromatic rings. The van der Waals surface area contributed by atoms with Crippen LogP contribution in [-0.4, -0.2) is 13.2 Å². The molecule has 8 nitrogen and oxygen atoms in total. The van der Waals surface area contributed by atoms with Crippen LogP contribution < -0.4 is 9.47 Å². The van der Waals surface area contributed by atoms with E-state index >= 15 is 0 Å². The Hall–Kier alpha value is -3.21. The van der Waals surface area contributed by atoms with Gasteiger partial charge in [-0.25, -0.2) is 0 Å². The predicted octanol–water partition coefficient (Wildman–Crippen LogP) is 3.70. The average molecular weight is 550 g/mol. The number of terminal acetylenes is 1. The molecule has 2 radical (unpaired) electrons. The molecular formula is C24H16Co2O8. The third-order valence-corrected chi connectivity index (χ3v) is 2.73. The fourth-order valence-electron chi connectivity index (χ4n) is 1.90. The summed E-state index contributed by atoms with van der Waals surface area (Å²) in [6.45, 7) is 31.4. The summed E-state index contributed by atoms with van der Waals surface area (Å²) in [5.41, 5.74) is 1.93. The van der Waals surface area contributed by atoms with Gasteiger partial charge in [0.15, 0.2) is 0 Å². The molecule has 0 aromatic heterocycles. The molecule has 10 heteroatoms. The van der Waals surface area contributed by atoms with E-state index < -0.39 is 0 Å². The maximum Gasteiger partial charge on any atom is 0 e. The zero-order chi connectivity index (χ0) is 26.2. The Kier molecular flexibility index (Phi) is 67.5. The van der Waals surface area contributed by atoms with Crippen molar-refractivity contribution in [2.75, 3.05) is 13.2 Å². The van der Waals surface area contributed by atoms with E-state index in [1.165, 1.54) is 0 Å². The van der Waals surface area contributed by atoms with Crippen molar-refractivity contribution in [3.63, 3.8) is 0 Å².